The fraction of sp³-hybridized carbons (Fsp3) is 0.800. The van der Waals surface area contributed by atoms with E-state index in [-0.39, 0.29) is 5.92 Å². The highest BCUT2D eigenvalue weighted by atomic mass is 16.3. The van der Waals surface area contributed by atoms with Gasteiger partial charge in [0.05, 0.1) is 17.8 Å². The molecular weight excluding hydrogens is 408 g/mol. The molecule has 3 saturated carbocycles. The SMILES string of the molecule is C=C1/C(=C\C=C2/CCC[C@]3(C)[C@@H]([C@H](C)CCCC(C)(C)O)CC[C@@H]23)C[C@@H](O)[C@H](CCC)[C@@H]1O. The number of hydrogen-bond donors (Lipinski definition) is 3. The number of hydrogen-bond acceptors (Lipinski definition) is 3. The van der Waals surface area contributed by atoms with Crippen LogP contribution in [0.15, 0.2) is 35.5 Å². The lowest BCUT2D eigenvalue weighted by Crippen LogP contribution is -2.38. The Hall–Kier alpha value is -0.900. The molecule has 3 fully saturated rings. The minimum absolute atomic E-state index is 0.0845. The van der Waals surface area contributed by atoms with Crippen molar-refractivity contribution in [1.82, 2.24) is 0 Å². The summed E-state index contributed by atoms with van der Waals surface area (Å²) in [5.74, 6) is 2.01. The average Bonchev–Trinajstić information content (AvgIpc) is 3.09. The lowest BCUT2D eigenvalue weighted by molar-refractivity contribution is 0.0138. The van der Waals surface area contributed by atoms with Gasteiger partial charge in [-0.25, -0.2) is 0 Å². The molecule has 0 spiro atoms. The molecule has 0 aromatic rings. The van der Waals surface area contributed by atoms with Gasteiger partial charge in [0, 0.05) is 5.92 Å². The highest BCUT2D eigenvalue weighted by Crippen LogP contribution is 2.60. The van der Waals surface area contributed by atoms with Gasteiger partial charge in [-0.15, -0.1) is 0 Å². The normalized spacial score (nSPS) is 38.7. The van der Waals surface area contributed by atoms with E-state index in [1.54, 1.807) is 5.57 Å². The summed E-state index contributed by atoms with van der Waals surface area (Å²) in [6.45, 7) is 15.1. The highest BCUT2D eigenvalue weighted by Gasteiger charge is 2.50. The number of allylic oxidation sites excluding steroid dienone is 3. The first-order chi connectivity index (χ1) is 15.5. The zero-order chi connectivity index (χ0) is 24.4. The maximum atomic E-state index is 10.7. The van der Waals surface area contributed by atoms with Crippen LogP contribution in [0.3, 0.4) is 0 Å². The maximum absolute atomic E-state index is 10.7. The van der Waals surface area contributed by atoms with Crippen molar-refractivity contribution in [3.05, 3.63) is 35.5 Å². The van der Waals surface area contributed by atoms with Crippen molar-refractivity contribution in [3.8, 4) is 0 Å². The van der Waals surface area contributed by atoms with Gasteiger partial charge in [-0.3, -0.25) is 0 Å². The molecule has 0 radical (unpaired) electrons. The fourth-order valence-electron chi connectivity index (χ4n) is 7.50. The summed E-state index contributed by atoms with van der Waals surface area (Å²) in [6.07, 6.45) is 15.3. The van der Waals surface area contributed by atoms with Crippen LogP contribution in [0.5, 0.6) is 0 Å². The van der Waals surface area contributed by atoms with Crippen LogP contribution in [-0.4, -0.2) is 33.1 Å². The lowest BCUT2D eigenvalue weighted by Gasteiger charge is -2.44. The molecule has 0 saturated heterocycles. The zero-order valence-corrected chi connectivity index (χ0v) is 21.9. The van der Waals surface area contributed by atoms with Crippen molar-refractivity contribution in [3.63, 3.8) is 0 Å². The second-order valence-corrected chi connectivity index (χ2v) is 12.4. The highest BCUT2D eigenvalue weighted by molar-refractivity contribution is 5.39. The fourth-order valence-corrected chi connectivity index (χ4v) is 7.50. The molecular formula is C30H50O3. The average molecular weight is 459 g/mol. The van der Waals surface area contributed by atoms with Crippen molar-refractivity contribution in [2.45, 2.75) is 123 Å². The first-order valence-electron chi connectivity index (χ1n) is 13.6. The standard InChI is InChI=1S/C30H50O3/c1-7-10-24-27(31)19-23(21(3)28(24)32)14-13-22-12-9-18-30(6)25(15-16-26(22)30)20(2)11-8-17-29(4,5)33/h13-14,20,24-28,31-33H,3,7-12,15-19H2,1-2,4-6H3/b22-13+,23-14-/t20-,24+,25-,26+,27-,28-,30-/m1/s1. The van der Waals surface area contributed by atoms with Crippen LogP contribution in [-0.2, 0) is 0 Å². The van der Waals surface area contributed by atoms with Crippen LogP contribution in [0.4, 0.5) is 0 Å². The molecule has 0 aromatic heterocycles. The Kier molecular flexibility index (Phi) is 8.73. The monoisotopic (exact) mass is 458 g/mol. The van der Waals surface area contributed by atoms with Crippen LogP contribution in [0.25, 0.3) is 0 Å². The zero-order valence-electron chi connectivity index (χ0n) is 21.9. The van der Waals surface area contributed by atoms with Crippen molar-refractivity contribution in [2.75, 3.05) is 0 Å². The minimum atomic E-state index is -0.629. The van der Waals surface area contributed by atoms with E-state index in [9.17, 15) is 15.3 Å². The number of fused-ring (bicyclic) bond motifs is 1. The van der Waals surface area contributed by atoms with Gasteiger partial charge in [-0.1, -0.05) is 64.3 Å². The summed E-state index contributed by atoms with van der Waals surface area (Å²) in [5.41, 5.74) is 3.20. The molecule has 0 amide bonds. The Morgan fingerprint density at radius 1 is 1.21 bits per heavy atom. The van der Waals surface area contributed by atoms with Crippen molar-refractivity contribution >= 4 is 0 Å². The smallest absolute Gasteiger partial charge is 0.0839 e. The predicted molar refractivity (Wildman–Crippen MR) is 138 cm³/mol. The summed E-state index contributed by atoms with van der Waals surface area (Å²) >= 11 is 0. The molecule has 0 heterocycles. The second kappa shape index (κ2) is 10.8. The third-order valence-corrected chi connectivity index (χ3v) is 9.39. The van der Waals surface area contributed by atoms with Crippen molar-refractivity contribution in [2.24, 2.45) is 29.1 Å². The Labute approximate surface area is 203 Å². The molecule has 0 aliphatic heterocycles. The molecule has 3 aliphatic rings. The Morgan fingerprint density at radius 2 is 1.94 bits per heavy atom. The van der Waals surface area contributed by atoms with Gasteiger partial charge in [0.25, 0.3) is 0 Å². The Morgan fingerprint density at radius 3 is 2.61 bits per heavy atom. The summed E-state index contributed by atoms with van der Waals surface area (Å²) in [7, 11) is 0. The molecule has 0 bridgehead atoms. The van der Waals surface area contributed by atoms with Crippen LogP contribution < -0.4 is 0 Å². The molecule has 0 aromatic carbocycles. The largest absolute Gasteiger partial charge is 0.392 e. The molecule has 7 atom stereocenters. The quantitative estimate of drug-likeness (QED) is 0.378. The topological polar surface area (TPSA) is 60.7 Å². The van der Waals surface area contributed by atoms with Gasteiger partial charge in [-0.2, -0.15) is 0 Å². The van der Waals surface area contributed by atoms with Gasteiger partial charge in [0.15, 0.2) is 0 Å². The van der Waals surface area contributed by atoms with E-state index in [2.05, 4.69) is 39.5 Å². The maximum Gasteiger partial charge on any atom is 0.0839 e. The lowest BCUT2D eigenvalue weighted by atomic mass is 9.60. The second-order valence-electron chi connectivity index (χ2n) is 12.4. The van der Waals surface area contributed by atoms with E-state index in [1.807, 2.05) is 13.8 Å². The molecule has 3 aliphatic carbocycles. The van der Waals surface area contributed by atoms with Gasteiger partial charge in [0.1, 0.15) is 0 Å². The number of aliphatic hydroxyl groups excluding tert-OH is 2. The van der Waals surface area contributed by atoms with Crippen molar-refractivity contribution < 1.29 is 15.3 Å². The number of rotatable bonds is 8. The van der Waals surface area contributed by atoms with Gasteiger partial charge in [0.2, 0.25) is 0 Å². The molecule has 3 nitrogen and oxygen atoms in total. The summed E-state index contributed by atoms with van der Waals surface area (Å²) in [4.78, 5) is 0. The van der Waals surface area contributed by atoms with Crippen LogP contribution >= 0.6 is 0 Å². The number of aliphatic hydroxyl groups is 3. The van der Waals surface area contributed by atoms with Gasteiger partial charge in [-0.05, 0) is 99.5 Å². The minimum Gasteiger partial charge on any atom is -0.392 e. The van der Waals surface area contributed by atoms with Crippen LogP contribution in [0.2, 0.25) is 0 Å². The summed E-state index contributed by atoms with van der Waals surface area (Å²) < 4.78 is 0. The third kappa shape index (κ3) is 6.03. The summed E-state index contributed by atoms with van der Waals surface area (Å²) in [6, 6.07) is 0. The van der Waals surface area contributed by atoms with Gasteiger partial charge >= 0.3 is 0 Å². The molecule has 0 unspecified atom stereocenters. The molecule has 3 N–H and O–H groups in total. The first-order valence-corrected chi connectivity index (χ1v) is 13.6. The van der Waals surface area contributed by atoms with E-state index in [0.717, 1.165) is 42.7 Å². The first kappa shape index (κ1) is 26.7. The Bertz CT molecular complexity index is 742. The van der Waals surface area contributed by atoms with E-state index >= 15 is 0 Å². The summed E-state index contributed by atoms with van der Waals surface area (Å²) in [5, 5.41) is 31.4. The van der Waals surface area contributed by atoms with E-state index < -0.39 is 17.8 Å². The molecule has 3 heteroatoms. The third-order valence-electron chi connectivity index (χ3n) is 9.39. The van der Waals surface area contributed by atoms with Gasteiger partial charge < -0.3 is 15.3 Å². The van der Waals surface area contributed by atoms with Crippen molar-refractivity contribution in [1.29, 1.82) is 0 Å². The Balaban J connectivity index is 1.70. The molecule has 188 valence electrons. The predicted octanol–water partition coefficient (Wildman–Crippen LogP) is 6.73. The van der Waals surface area contributed by atoms with Crippen LogP contribution in [0, 0.1) is 29.1 Å². The van der Waals surface area contributed by atoms with E-state index in [1.165, 1.54) is 38.5 Å². The van der Waals surface area contributed by atoms with E-state index in [4.69, 9.17) is 0 Å². The molecule has 33 heavy (non-hydrogen) atoms. The van der Waals surface area contributed by atoms with Crippen LogP contribution in [0.1, 0.15) is 105 Å². The van der Waals surface area contributed by atoms with E-state index in [0.29, 0.717) is 23.7 Å². The molecule has 3 rings (SSSR count).